The van der Waals surface area contributed by atoms with Crippen LogP contribution < -0.4 is 15.6 Å². The van der Waals surface area contributed by atoms with Crippen LogP contribution in [-0.2, 0) is 13.2 Å². The van der Waals surface area contributed by atoms with Crippen LogP contribution in [0.1, 0.15) is 18.2 Å². The fourth-order valence-electron chi connectivity index (χ4n) is 2.51. The van der Waals surface area contributed by atoms with Gasteiger partial charge < -0.3 is 14.6 Å². The van der Waals surface area contributed by atoms with Gasteiger partial charge in [-0.3, -0.25) is 9.79 Å². The van der Waals surface area contributed by atoms with Crippen molar-refractivity contribution in [3.63, 3.8) is 0 Å². The lowest BCUT2D eigenvalue weighted by atomic mass is 10.2. The second-order valence-electron chi connectivity index (χ2n) is 6.31. The number of ether oxygens (including phenoxy) is 1. The number of hydrogen-bond donors (Lipinski definition) is 1. The summed E-state index contributed by atoms with van der Waals surface area (Å²) in [4.78, 5) is 16.7. The largest absolute Gasteiger partial charge is 0.487 e. The number of aliphatic imine (C=N–C) groups is 1. The average Bonchev–Trinajstić information content (AvgIpc) is 2.69. The first-order valence-electron chi connectivity index (χ1n) is 8.63. The molecule has 0 aliphatic rings. The maximum absolute atomic E-state index is 13.8. The first kappa shape index (κ1) is 23.2. The number of halogens is 3. The molecular formula is C20H22BrF2N3O2S. The van der Waals surface area contributed by atoms with Gasteiger partial charge in [0.2, 0.25) is 0 Å². The van der Waals surface area contributed by atoms with Crippen LogP contribution in [0.2, 0.25) is 0 Å². The zero-order valence-electron chi connectivity index (χ0n) is 16.3. The Balaban J connectivity index is 2.18. The van der Waals surface area contributed by atoms with E-state index in [2.05, 4.69) is 33.0 Å². The highest BCUT2D eigenvalue weighted by molar-refractivity contribution is 9.10. The second-order valence-corrected chi connectivity index (χ2v) is 8.02. The Bertz CT molecular complexity index is 979. The fraction of sp³-hybridized carbons (Fsp3) is 0.300. The molecule has 0 aliphatic carbocycles. The summed E-state index contributed by atoms with van der Waals surface area (Å²) in [6.45, 7) is 7.45. The molecule has 0 amide bonds. The second kappa shape index (κ2) is 10.6. The summed E-state index contributed by atoms with van der Waals surface area (Å²) in [6, 6.07) is 4.97. The minimum absolute atomic E-state index is 0.124. The number of hydrogen-bond acceptors (Lipinski definition) is 5. The normalized spacial score (nSPS) is 12.6. The summed E-state index contributed by atoms with van der Waals surface area (Å²) in [5.74, 6) is -1.06. The van der Waals surface area contributed by atoms with Gasteiger partial charge in [0.05, 0.1) is 0 Å². The molecule has 0 fully saturated rings. The van der Waals surface area contributed by atoms with Crippen LogP contribution in [0, 0.1) is 18.6 Å². The maximum atomic E-state index is 13.8. The molecule has 5 nitrogen and oxygen atoms in total. The van der Waals surface area contributed by atoms with Gasteiger partial charge in [-0.1, -0.05) is 0 Å². The monoisotopic (exact) mass is 485 g/mol. The van der Waals surface area contributed by atoms with E-state index < -0.39 is 11.6 Å². The third kappa shape index (κ3) is 6.17. The molecular weight excluding hydrogens is 464 g/mol. The first-order chi connectivity index (χ1) is 13.8. The Morgan fingerprint density at radius 2 is 2.17 bits per heavy atom. The predicted molar refractivity (Wildman–Crippen MR) is 118 cm³/mol. The van der Waals surface area contributed by atoms with Crippen molar-refractivity contribution in [1.82, 2.24) is 9.88 Å². The van der Waals surface area contributed by atoms with Crippen molar-refractivity contribution in [1.29, 1.82) is 0 Å². The lowest BCUT2D eigenvalue weighted by Crippen LogP contribution is -2.25. The van der Waals surface area contributed by atoms with E-state index >= 15 is 0 Å². The minimum atomic E-state index is -0.697. The van der Waals surface area contributed by atoms with Crippen LogP contribution in [-0.4, -0.2) is 23.0 Å². The summed E-state index contributed by atoms with van der Waals surface area (Å²) < 4.78 is 34.2. The quantitative estimate of drug-likeness (QED) is 0.415. The van der Waals surface area contributed by atoms with Crippen molar-refractivity contribution in [3.8, 4) is 5.75 Å². The predicted octanol–water partition coefficient (Wildman–Crippen LogP) is 4.62. The van der Waals surface area contributed by atoms with Gasteiger partial charge in [0.15, 0.2) is 5.50 Å². The molecule has 0 spiro atoms. The number of nitrogens with zero attached hydrogens (tertiary/aromatic N) is 2. The van der Waals surface area contributed by atoms with Crippen molar-refractivity contribution >= 4 is 34.4 Å². The van der Waals surface area contributed by atoms with E-state index in [1.807, 2.05) is 13.2 Å². The number of aromatic nitrogens is 1. The van der Waals surface area contributed by atoms with Crippen LogP contribution in [0.3, 0.4) is 0 Å². The van der Waals surface area contributed by atoms with E-state index in [9.17, 15) is 13.6 Å². The zero-order valence-corrected chi connectivity index (χ0v) is 18.7. The molecule has 0 radical (unpaired) electrons. The molecule has 156 valence electrons. The highest BCUT2D eigenvalue weighted by Crippen LogP contribution is 2.24. The molecule has 0 saturated carbocycles. The van der Waals surface area contributed by atoms with Gasteiger partial charge in [-0.15, -0.1) is 11.8 Å². The Kier molecular flexibility index (Phi) is 8.45. The molecule has 1 N–H and O–H groups in total. The maximum Gasteiger partial charge on any atom is 0.269 e. The van der Waals surface area contributed by atoms with Crippen LogP contribution >= 0.6 is 27.7 Å². The molecule has 1 heterocycles. The molecule has 1 aromatic heterocycles. The Morgan fingerprint density at radius 3 is 2.79 bits per heavy atom. The van der Waals surface area contributed by atoms with E-state index in [4.69, 9.17) is 4.74 Å². The number of allylic oxidation sites excluding steroid dienone is 1. The van der Waals surface area contributed by atoms with Gasteiger partial charge in [-0.2, -0.15) is 0 Å². The van der Waals surface area contributed by atoms with Crippen molar-refractivity contribution in [2.75, 3.05) is 6.26 Å². The van der Waals surface area contributed by atoms with Crippen LogP contribution in [0.15, 0.2) is 50.3 Å². The van der Waals surface area contributed by atoms with E-state index in [0.29, 0.717) is 18.0 Å². The number of aryl methyl sites for hydroxylation is 1. The number of benzene rings is 1. The molecule has 1 unspecified atom stereocenters. The first-order valence-corrected chi connectivity index (χ1v) is 10.7. The Labute approximate surface area is 181 Å². The Morgan fingerprint density at radius 1 is 1.45 bits per heavy atom. The van der Waals surface area contributed by atoms with E-state index in [1.54, 1.807) is 23.8 Å². The molecule has 0 saturated heterocycles. The lowest BCUT2D eigenvalue weighted by Gasteiger charge is -2.16. The number of rotatable bonds is 9. The van der Waals surface area contributed by atoms with Gasteiger partial charge in [-0.25, -0.2) is 8.78 Å². The standard InChI is InChI=1S/C20H22BrF2N3O2S/c1-12(9-25-20(24-3)29-4)10-26-13(2)7-17(18(21)19(26)27)28-11-14-5-6-15(22)8-16(14)23/h5-9,20,25H,3,10-11H2,1-2,4H3/b12-9+. The molecule has 9 heteroatoms. The highest BCUT2D eigenvalue weighted by atomic mass is 79.9. The van der Waals surface area contributed by atoms with Gasteiger partial charge in [0.1, 0.15) is 28.5 Å². The van der Waals surface area contributed by atoms with Crippen molar-refractivity contribution in [3.05, 3.63) is 73.8 Å². The third-order valence-electron chi connectivity index (χ3n) is 4.08. The SMILES string of the molecule is C=NC(N/C=C(\C)Cn1c(C)cc(OCc2ccc(F)cc2F)c(Br)c1=O)SC. The average molecular weight is 486 g/mol. The molecule has 2 aromatic rings. The van der Waals surface area contributed by atoms with Crippen LogP contribution in [0.5, 0.6) is 5.75 Å². The number of nitrogens with one attached hydrogen (secondary N) is 1. The van der Waals surface area contributed by atoms with Gasteiger partial charge in [0.25, 0.3) is 5.56 Å². The zero-order chi connectivity index (χ0) is 21.6. The molecule has 1 aromatic carbocycles. The third-order valence-corrected chi connectivity index (χ3v) is 5.54. The summed E-state index contributed by atoms with van der Waals surface area (Å²) in [5.41, 5.74) is 1.38. The molecule has 0 aliphatic heterocycles. The van der Waals surface area contributed by atoms with E-state index in [0.717, 1.165) is 17.7 Å². The van der Waals surface area contributed by atoms with Crippen LogP contribution in [0.4, 0.5) is 8.78 Å². The summed E-state index contributed by atoms with van der Waals surface area (Å²) in [7, 11) is 0. The minimum Gasteiger partial charge on any atom is -0.487 e. The highest BCUT2D eigenvalue weighted by Gasteiger charge is 2.14. The number of pyridine rings is 1. The number of thioether (sulfide) groups is 1. The summed E-state index contributed by atoms with van der Waals surface area (Å²) >= 11 is 4.78. The topological polar surface area (TPSA) is 55.6 Å². The van der Waals surface area contributed by atoms with Gasteiger partial charge in [0, 0.05) is 29.9 Å². The smallest absolute Gasteiger partial charge is 0.269 e. The molecule has 0 bridgehead atoms. The van der Waals surface area contributed by atoms with Gasteiger partial charge in [-0.05, 0) is 66.7 Å². The molecule has 29 heavy (non-hydrogen) atoms. The Hall–Kier alpha value is -2.13. The molecule has 2 rings (SSSR count). The summed E-state index contributed by atoms with van der Waals surface area (Å²) in [6.07, 6.45) is 3.72. The van der Waals surface area contributed by atoms with Crippen molar-refractivity contribution in [2.45, 2.75) is 32.5 Å². The lowest BCUT2D eigenvalue weighted by molar-refractivity contribution is 0.295. The van der Waals surface area contributed by atoms with Crippen molar-refractivity contribution < 1.29 is 13.5 Å². The molecule has 1 atom stereocenters. The van der Waals surface area contributed by atoms with Gasteiger partial charge >= 0.3 is 0 Å². The van der Waals surface area contributed by atoms with E-state index in [-0.39, 0.29) is 27.7 Å². The summed E-state index contributed by atoms with van der Waals surface area (Å²) in [5, 5.41) is 3.11. The van der Waals surface area contributed by atoms with Crippen LogP contribution in [0.25, 0.3) is 0 Å². The van der Waals surface area contributed by atoms with E-state index in [1.165, 1.54) is 17.8 Å². The fourth-order valence-corrected chi connectivity index (χ4v) is 3.31. The van der Waals surface area contributed by atoms with Crippen molar-refractivity contribution in [2.24, 2.45) is 4.99 Å².